The Balaban J connectivity index is 1.92. The van der Waals surface area contributed by atoms with Crippen molar-refractivity contribution in [3.05, 3.63) is 34.1 Å². The first-order valence-corrected chi connectivity index (χ1v) is 6.48. The van der Waals surface area contributed by atoms with E-state index < -0.39 is 0 Å². The number of carbonyl (C=O) groups is 1. The molecule has 0 saturated carbocycles. The van der Waals surface area contributed by atoms with Crippen LogP contribution >= 0.6 is 11.3 Å². The summed E-state index contributed by atoms with van der Waals surface area (Å²) in [6.45, 7) is 0.566. The first-order valence-electron chi connectivity index (χ1n) is 5.60. The van der Waals surface area contributed by atoms with Crippen LogP contribution in [0.4, 0.5) is 0 Å². The lowest BCUT2D eigenvalue weighted by Crippen LogP contribution is -2.33. The number of hydrogen-bond acceptors (Lipinski definition) is 3. The molecule has 4 nitrogen and oxygen atoms in total. The maximum absolute atomic E-state index is 12.1. The van der Waals surface area contributed by atoms with Gasteiger partial charge in [-0.05, 0) is 23.9 Å². The van der Waals surface area contributed by atoms with Gasteiger partial charge in [0.1, 0.15) is 0 Å². The van der Waals surface area contributed by atoms with Crippen LogP contribution in [0.5, 0.6) is 0 Å². The summed E-state index contributed by atoms with van der Waals surface area (Å²) in [6.07, 6.45) is 3.19. The first-order chi connectivity index (χ1) is 8.24. The number of carbonyl (C=O) groups excluding carboxylic acids is 1. The number of nitrogens with one attached hydrogen (secondary N) is 1. The molecular weight excluding hydrogens is 236 g/mol. The Labute approximate surface area is 102 Å². The third-order valence-corrected chi connectivity index (χ3v) is 3.98. The molecule has 1 N–H and O–H groups in total. The molecule has 1 amide bonds. The Morgan fingerprint density at radius 3 is 3.06 bits per heavy atom. The average molecular weight is 248 g/mol. The van der Waals surface area contributed by atoms with Gasteiger partial charge in [0, 0.05) is 29.9 Å². The predicted molar refractivity (Wildman–Crippen MR) is 67.2 cm³/mol. The number of aromatic nitrogens is 1. The second-order valence-electron chi connectivity index (χ2n) is 4.27. The highest BCUT2D eigenvalue weighted by Gasteiger charge is 2.21. The molecule has 1 unspecified atom stereocenters. The Morgan fingerprint density at radius 2 is 2.29 bits per heavy atom. The van der Waals surface area contributed by atoms with Gasteiger partial charge in [-0.3, -0.25) is 9.59 Å². The van der Waals surface area contributed by atoms with E-state index in [1.165, 1.54) is 0 Å². The van der Waals surface area contributed by atoms with Crippen molar-refractivity contribution in [2.24, 2.45) is 0 Å². The highest BCUT2D eigenvalue weighted by molar-refractivity contribution is 7.17. The SMILES string of the molecule is O=C1CCC(Cn2ccc3sccc3c2=O)N1. The summed E-state index contributed by atoms with van der Waals surface area (Å²) in [5.74, 6) is 0.0830. The lowest BCUT2D eigenvalue weighted by Gasteiger charge is -2.12. The Hall–Kier alpha value is -1.62. The van der Waals surface area contributed by atoms with Crippen LogP contribution < -0.4 is 10.9 Å². The number of amides is 1. The summed E-state index contributed by atoms with van der Waals surface area (Å²) in [6, 6.07) is 3.90. The fourth-order valence-electron chi connectivity index (χ4n) is 2.20. The Bertz CT molecular complexity index is 629. The molecule has 5 heteroatoms. The molecule has 2 aromatic rings. The van der Waals surface area contributed by atoms with Crippen LogP contribution in [0.2, 0.25) is 0 Å². The van der Waals surface area contributed by atoms with Gasteiger partial charge in [0.05, 0.1) is 5.39 Å². The molecule has 17 heavy (non-hydrogen) atoms. The van der Waals surface area contributed by atoms with E-state index in [-0.39, 0.29) is 17.5 Å². The molecule has 0 spiro atoms. The lowest BCUT2D eigenvalue weighted by molar-refractivity contribution is -0.119. The largest absolute Gasteiger partial charge is 0.352 e. The van der Waals surface area contributed by atoms with Crippen LogP contribution in [0.15, 0.2) is 28.5 Å². The van der Waals surface area contributed by atoms with Crippen molar-refractivity contribution in [2.75, 3.05) is 0 Å². The number of hydrogen-bond donors (Lipinski definition) is 1. The molecule has 88 valence electrons. The third kappa shape index (κ3) is 1.86. The van der Waals surface area contributed by atoms with E-state index in [1.54, 1.807) is 15.9 Å². The second kappa shape index (κ2) is 4.00. The zero-order valence-corrected chi connectivity index (χ0v) is 10.00. The van der Waals surface area contributed by atoms with Crippen LogP contribution in [0, 0.1) is 0 Å². The zero-order chi connectivity index (χ0) is 11.8. The van der Waals surface area contributed by atoms with E-state index in [4.69, 9.17) is 0 Å². The van der Waals surface area contributed by atoms with Crippen LogP contribution in [-0.2, 0) is 11.3 Å². The number of fused-ring (bicyclic) bond motifs is 1. The van der Waals surface area contributed by atoms with Crippen LogP contribution in [0.3, 0.4) is 0 Å². The van der Waals surface area contributed by atoms with Crippen molar-refractivity contribution in [1.29, 1.82) is 0 Å². The second-order valence-corrected chi connectivity index (χ2v) is 5.22. The van der Waals surface area contributed by atoms with Gasteiger partial charge in [-0.15, -0.1) is 11.3 Å². The third-order valence-electron chi connectivity index (χ3n) is 3.09. The van der Waals surface area contributed by atoms with Crippen LogP contribution in [0.1, 0.15) is 12.8 Å². The Morgan fingerprint density at radius 1 is 1.41 bits per heavy atom. The topological polar surface area (TPSA) is 51.1 Å². The minimum atomic E-state index is 0.0323. The quantitative estimate of drug-likeness (QED) is 0.872. The molecule has 2 aromatic heterocycles. The summed E-state index contributed by atoms with van der Waals surface area (Å²) >= 11 is 1.57. The maximum atomic E-state index is 12.1. The van der Waals surface area contributed by atoms with E-state index in [9.17, 15) is 9.59 Å². The summed E-state index contributed by atoms with van der Waals surface area (Å²) in [7, 11) is 0. The molecule has 3 rings (SSSR count). The number of nitrogens with zero attached hydrogens (tertiary/aromatic N) is 1. The van der Waals surface area contributed by atoms with Gasteiger partial charge in [-0.1, -0.05) is 0 Å². The molecule has 3 heterocycles. The van der Waals surface area contributed by atoms with Gasteiger partial charge in [-0.2, -0.15) is 0 Å². The predicted octanol–water partition coefficient (Wildman–Crippen LogP) is 1.34. The lowest BCUT2D eigenvalue weighted by atomic mass is 10.2. The standard InChI is InChI=1S/C12H12N2O2S/c15-11-2-1-8(13-11)7-14-5-3-10-9(12(14)16)4-6-17-10/h3-6,8H,1-2,7H2,(H,13,15). The molecule has 0 aromatic carbocycles. The number of rotatable bonds is 2. The van der Waals surface area contributed by atoms with Crippen molar-refractivity contribution >= 4 is 27.3 Å². The molecule has 1 aliphatic rings. The molecule has 1 atom stereocenters. The van der Waals surface area contributed by atoms with Gasteiger partial charge in [0.25, 0.3) is 5.56 Å². The van der Waals surface area contributed by atoms with E-state index in [2.05, 4.69) is 5.32 Å². The van der Waals surface area contributed by atoms with Gasteiger partial charge in [0.15, 0.2) is 0 Å². The van der Waals surface area contributed by atoms with E-state index in [1.807, 2.05) is 23.7 Å². The maximum Gasteiger partial charge on any atom is 0.259 e. The molecule has 1 saturated heterocycles. The van der Waals surface area contributed by atoms with Crippen LogP contribution in [0.25, 0.3) is 10.1 Å². The molecule has 0 bridgehead atoms. The number of thiophene rings is 1. The summed E-state index contributed by atoms with van der Waals surface area (Å²) in [4.78, 5) is 23.2. The fraction of sp³-hybridized carbons (Fsp3) is 0.333. The summed E-state index contributed by atoms with van der Waals surface area (Å²) < 4.78 is 2.70. The highest BCUT2D eigenvalue weighted by atomic mass is 32.1. The smallest absolute Gasteiger partial charge is 0.259 e. The summed E-state index contributed by atoms with van der Waals surface area (Å²) in [5.41, 5.74) is 0.0323. The monoisotopic (exact) mass is 248 g/mol. The van der Waals surface area contributed by atoms with Gasteiger partial charge >= 0.3 is 0 Å². The van der Waals surface area contributed by atoms with Gasteiger partial charge in [-0.25, -0.2) is 0 Å². The van der Waals surface area contributed by atoms with E-state index in [0.717, 1.165) is 16.5 Å². The van der Waals surface area contributed by atoms with Crippen molar-refractivity contribution in [3.63, 3.8) is 0 Å². The zero-order valence-electron chi connectivity index (χ0n) is 9.18. The minimum absolute atomic E-state index is 0.0323. The molecule has 0 aliphatic carbocycles. The normalized spacial score (nSPS) is 19.8. The highest BCUT2D eigenvalue weighted by Crippen LogP contribution is 2.16. The van der Waals surface area contributed by atoms with Gasteiger partial charge in [0.2, 0.25) is 5.91 Å². The fourth-order valence-corrected chi connectivity index (χ4v) is 2.97. The molecule has 1 aliphatic heterocycles. The van der Waals surface area contributed by atoms with Crippen molar-refractivity contribution < 1.29 is 4.79 Å². The minimum Gasteiger partial charge on any atom is -0.352 e. The average Bonchev–Trinajstić information content (AvgIpc) is 2.92. The van der Waals surface area contributed by atoms with Crippen molar-refractivity contribution in [3.8, 4) is 0 Å². The summed E-state index contributed by atoms with van der Waals surface area (Å²) in [5, 5.41) is 5.57. The molecule has 1 fully saturated rings. The van der Waals surface area contributed by atoms with Crippen molar-refractivity contribution in [2.45, 2.75) is 25.4 Å². The van der Waals surface area contributed by atoms with Crippen LogP contribution in [-0.4, -0.2) is 16.5 Å². The molecular formula is C12H12N2O2S. The first kappa shape index (κ1) is 10.5. The number of pyridine rings is 1. The Kier molecular flexibility index (Phi) is 2.48. The molecule has 0 radical (unpaired) electrons. The van der Waals surface area contributed by atoms with E-state index in [0.29, 0.717) is 13.0 Å². The van der Waals surface area contributed by atoms with E-state index >= 15 is 0 Å². The van der Waals surface area contributed by atoms with Crippen molar-refractivity contribution in [1.82, 2.24) is 9.88 Å². The van der Waals surface area contributed by atoms with Gasteiger partial charge < -0.3 is 9.88 Å².